The Bertz CT molecular complexity index is 783. The van der Waals surface area contributed by atoms with E-state index in [-0.39, 0.29) is 5.69 Å². The number of nitrogens with one attached hydrogen (secondary N) is 1. The number of ether oxygens (including phenoxy) is 1. The summed E-state index contributed by atoms with van der Waals surface area (Å²) in [5.74, 6) is -1.35. The Labute approximate surface area is 128 Å². The molecule has 0 radical (unpaired) electrons. The summed E-state index contributed by atoms with van der Waals surface area (Å²) in [6.45, 7) is 0. The molecule has 21 heavy (non-hydrogen) atoms. The predicted molar refractivity (Wildman–Crippen MR) is 77.2 cm³/mol. The molecular weight excluding hydrogens is 366 g/mol. The average Bonchev–Trinajstić information content (AvgIpc) is 2.92. The minimum absolute atomic E-state index is 0.239. The van der Waals surface area contributed by atoms with Crippen LogP contribution < -0.4 is 9.46 Å². The van der Waals surface area contributed by atoms with Crippen molar-refractivity contribution < 1.29 is 27.5 Å². The number of sulfonamides is 1. The van der Waals surface area contributed by atoms with Crippen molar-refractivity contribution in [2.24, 2.45) is 0 Å². The maximum atomic E-state index is 12.1. The maximum absolute atomic E-state index is 12.1. The Morgan fingerprint density at radius 2 is 2.05 bits per heavy atom. The predicted octanol–water partition coefficient (Wildman–Crippen LogP) is 2.55. The van der Waals surface area contributed by atoms with Crippen LogP contribution >= 0.6 is 15.9 Å². The number of carboxylic acid groups (broad SMARTS) is 1. The summed E-state index contributed by atoms with van der Waals surface area (Å²) < 4.78 is 36.8. The molecule has 0 unspecified atom stereocenters. The monoisotopic (exact) mass is 375 g/mol. The third-order valence-electron chi connectivity index (χ3n) is 2.47. The summed E-state index contributed by atoms with van der Waals surface area (Å²) in [4.78, 5) is 10.7. The standard InChI is InChI=1S/C12H10BrNO6S/c1-19-7-2-3-8(13)9(6-7)14-21(17,18)11-5-4-10(20-11)12(15)16/h2-6,14H,1H3,(H,15,16). The van der Waals surface area contributed by atoms with E-state index in [1.54, 1.807) is 12.1 Å². The fourth-order valence-electron chi connectivity index (χ4n) is 1.48. The lowest BCUT2D eigenvalue weighted by atomic mass is 10.3. The van der Waals surface area contributed by atoms with Crippen molar-refractivity contribution in [3.8, 4) is 5.75 Å². The molecule has 9 heteroatoms. The third kappa shape index (κ3) is 3.37. The van der Waals surface area contributed by atoms with E-state index in [1.165, 1.54) is 13.2 Å². The average molecular weight is 376 g/mol. The van der Waals surface area contributed by atoms with E-state index in [2.05, 4.69) is 20.7 Å². The van der Waals surface area contributed by atoms with Crippen LogP contribution in [-0.2, 0) is 10.0 Å². The Balaban J connectivity index is 2.34. The highest BCUT2D eigenvalue weighted by atomic mass is 79.9. The summed E-state index contributed by atoms with van der Waals surface area (Å²) in [7, 11) is -2.59. The van der Waals surface area contributed by atoms with Gasteiger partial charge < -0.3 is 14.3 Å². The first kappa shape index (κ1) is 15.4. The molecule has 1 aromatic heterocycles. The van der Waals surface area contributed by atoms with Gasteiger partial charge in [0.2, 0.25) is 10.9 Å². The van der Waals surface area contributed by atoms with Crippen LogP contribution in [-0.4, -0.2) is 26.6 Å². The van der Waals surface area contributed by atoms with E-state index in [1.807, 2.05) is 0 Å². The van der Waals surface area contributed by atoms with Gasteiger partial charge in [0.05, 0.1) is 12.8 Å². The molecule has 2 rings (SSSR count). The molecular formula is C12H10BrNO6S. The molecule has 0 aliphatic heterocycles. The summed E-state index contributed by atoms with van der Waals surface area (Å²) in [5, 5.41) is 8.24. The fraction of sp³-hybridized carbons (Fsp3) is 0.0833. The summed E-state index contributed by atoms with van der Waals surface area (Å²) in [6, 6.07) is 6.87. The van der Waals surface area contributed by atoms with E-state index < -0.39 is 26.8 Å². The highest BCUT2D eigenvalue weighted by Crippen LogP contribution is 2.29. The summed E-state index contributed by atoms with van der Waals surface area (Å²) in [6.07, 6.45) is 0. The number of aromatic carboxylic acids is 1. The molecule has 112 valence electrons. The van der Waals surface area contributed by atoms with Gasteiger partial charge in [-0.3, -0.25) is 4.72 Å². The SMILES string of the molecule is COc1ccc(Br)c(NS(=O)(=O)c2ccc(C(=O)O)o2)c1. The molecule has 0 atom stereocenters. The summed E-state index contributed by atoms with van der Waals surface area (Å²) in [5.41, 5.74) is 0.239. The Morgan fingerprint density at radius 1 is 1.33 bits per heavy atom. The number of carbonyl (C=O) groups is 1. The Kier molecular flexibility index (Phi) is 4.24. The zero-order valence-corrected chi connectivity index (χ0v) is 13.1. The van der Waals surface area contributed by atoms with Gasteiger partial charge in [0.25, 0.3) is 10.0 Å². The molecule has 0 bridgehead atoms. The number of carboxylic acids is 1. The molecule has 2 N–H and O–H groups in total. The number of rotatable bonds is 5. The minimum atomic E-state index is -4.04. The first-order valence-corrected chi connectivity index (χ1v) is 7.80. The van der Waals surface area contributed by atoms with Crippen molar-refractivity contribution in [3.05, 3.63) is 40.6 Å². The molecule has 0 saturated carbocycles. The number of anilines is 1. The fourth-order valence-corrected chi connectivity index (χ4v) is 2.97. The van der Waals surface area contributed by atoms with Crippen LogP contribution in [0, 0.1) is 0 Å². The van der Waals surface area contributed by atoms with Crippen molar-refractivity contribution in [3.63, 3.8) is 0 Å². The van der Waals surface area contributed by atoms with Crippen LogP contribution in [0.15, 0.2) is 44.3 Å². The van der Waals surface area contributed by atoms with Gasteiger partial charge >= 0.3 is 5.97 Å². The molecule has 0 fully saturated rings. The molecule has 0 aliphatic carbocycles. The van der Waals surface area contributed by atoms with Crippen molar-refractivity contribution in [1.82, 2.24) is 0 Å². The zero-order chi connectivity index (χ0) is 15.6. The second-order valence-corrected chi connectivity index (χ2v) is 6.34. The first-order valence-electron chi connectivity index (χ1n) is 5.53. The highest BCUT2D eigenvalue weighted by Gasteiger charge is 2.22. The van der Waals surface area contributed by atoms with Crippen LogP contribution in [0.5, 0.6) is 5.75 Å². The van der Waals surface area contributed by atoms with E-state index in [0.717, 1.165) is 12.1 Å². The van der Waals surface area contributed by atoms with Gasteiger partial charge in [0, 0.05) is 10.5 Å². The van der Waals surface area contributed by atoms with Gasteiger partial charge in [-0.05, 0) is 40.2 Å². The summed E-state index contributed by atoms with van der Waals surface area (Å²) >= 11 is 3.21. The minimum Gasteiger partial charge on any atom is -0.497 e. The molecule has 1 heterocycles. The second-order valence-electron chi connectivity index (χ2n) is 3.88. The third-order valence-corrected chi connectivity index (χ3v) is 4.40. The number of methoxy groups -OCH3 is 1. The van der Waals surface area contributed by atoms with Gasteiger partial charge in [0.1, 0.15) is 5.75 Å². The van der Waals surface area contributed by atoms with Crippen LogP contribution in [0.3, 0.4) is 0 Å². The molecule has 0 amide bonds. The lowest BCUT2D eigenvalue weighted by Crippen LogP contribution is -2.12. The molecule has 0 saturated heterocycles. The van der Waals surface area contributed by atoms with Gasteiger partial charge in [-0.25, -0.2) is 4.79 Å². The van der Waals surface area contributed by atoms with Crippen molar-refractivity contribution >= 4 is 37.6 Å². The van der Waals surface area contributed by atoms with Gasteiger partial charge in [-0.1, -0.05) is 0 Å². The largest absolute Gasteiger partial charge is 0.497 e. The maximum Gasteiger partial charge on any atom is 0.371 e. The smallest absolute Gasteiger partial charge is 0.371 e. The molecule has 2 aromatic rings. The molecule has 0 aliphatic rings. The van der Waals surface area contributed by atoms with E-state index >= 15 is 0 Å². The quantitative estimate of drug-likeness (QED) is 0.831. The number of hydrogen-bond donors (Lipinski definition) is 2. The molecule has 1 aromatic carbocycles. The normalized spacial score (nSPS) is 11.1. The first-order chi connectivity index (χ1) is 9.83. The highest BCUT2D eigenvalue weighted by molar-refractivity contribution is 9.10. The lowest BCUT2D eigenvalue weighted by Gasteiger charge is -2.09. The van der Waals surface area contributed by atoms with Gasteiger partial charge in [-0.2, -0.15) is 8.42 Å². The van der Waals surface area contributed by atoms with Gasteiger partial charge in [-0.15, -0.1) is 0 Å². The van der Waals surface area contributed by atoms with Crippen molar-refractivity contribution in [2.75, 3.05) is 11.8 Å². The van der Waals surface area contributed by atoms with Crippen molar-refractivity contribution in [1.29, 1.82) is 0 Å². The van der Waals surface area contributed by atoms with E-state index in [0.29, 0.717) is 10.2 Å². The molecule has 7 nitrogen and oxygen atoms in total. The van der Waals surface area contributed by atoms with Crippen LogP contribution in [0.2, 0.25) is 0 Å². The zero-order valence-electron chi connectivity index (χ0n) is 10.7. The number of hydrogen-bond acceptors (Lipinski definition) is 5. The lowest BCUT2D eigenvalue weighted by molar-refractivity contribution is 0.0656. The van der Waals surface area contributed by atoms with Gasteiger partial charge in [0.15, 0.2) is 0 Å². The molecule has 0 spiro atoms. The van der Waals surface area contributed by atoms with Crippen LogP contribution in [0.1, 0.15) is 10.6 Å². The Hall–Kier alpha value is -2.00. The topological polar surface area (TPSA) is 106 Å². The van der Waals surface area contributed by atoms with Crippen LogP contribution in [0.4, 0.5) is 5.69 Å². The van der Waals surface area contributed by atoms with E-state index in [4.69, 9.17) is 14.3 Å². The van der Waals surface area contributed by atoms with Crippen LogP contribution in [0.25, 0.3) is 0 Å². The number of halogens is 1. The Morgan fingerprint density at radius 3 is 2.62 bits per heavy atom. The van der Waals surface area contributed by atoms with Crippen molar-refractivity contribution in [2.45, 2.75) is 5.09 Å². The van der Waals surface area contributed by atoms with E-state index in [9.17, 15) is 13.2 Å². The number of benzene rings is 1. The number of furan rings is 1. The second kappa shape index (κ2) is 5.78.